The summed E-state index contributed by atoms with van der Waals surface area (Å²) in [5.41, 5.74) is 1.42. The molecule has 136 valence electrons. The van der Waals surface area contributed by atoms with Crippen molar-refractivity contribution in [2.75, 3.05) is 4.90 Å². The molecule has 1 aromatic carbocycles. The van der Waals surface area contributed by atoms with Gasteiger partial charge in [0, 0.05) is 15.3 Å². The van der Waals surface area contributed by atoms with Crippen molar-refractivity contribution in [3.63, 3.8) is 0 Å². The van der Waals surface area contributed by atoms with Gasteiger partial charge in [-0.3, -0.25) is 14.5 Å². The van der Waals surface area contributed by atoms with E-state index < -0.39 is 17.7 Å². The number of rotatable bonds is 3. The molecular weight excluding hydrogens is 380 g/mol. The maximum atomic E-state index is 12.9. The van der Waals surface area contributed by atoms with Gasteiger partial charge in [0.1, 0.15) is 11.8 Å². The van der Waals surface area contributed by atoms with E-state index in [0.29, 0.717) is 10.7 Å². The number of hydrogen-bond donors (Lipinski definition) is 1. The normalized spacial score (nSPS) is 19.0. The standard InChI is InChI=1S/C20H16N2O3S2/c1-11-12(2)27-20(21-11)22-16(14-9-6-10-26-14)15(18(24)19(22)25)17(23)13-7-4-3-5-8-13/h3-10,16,23H,1-2H3/t16-/m1/s1. The Kier molecular flexibility index (Phi) is 4.41. The van der Waals surface area contributed by atoms with Crippen LogP contribution < -0.4 is 4.90 Å². The molecule has 0 saturated carbocycles. The summed E-state index contributed by atoms with van der Waals surface area (Å²) in [6.07, 6.45) is 0. The van der Waals surface area contributed by atoms with Crippen molar-refractivity contribution in [2.24, 2.45) is 0 Å². The van der Waals surface area contributed by atoms with Crippen LogP contribution in [-0.4, -0.2) is 21.8 Å². The van der Waals surface area contributed by atoms with E-state index in [-0.39, 0.29) is 11.3 Å². The van der Waals surface area contributed by atoms with Crippen LogP contribution in [0.3, 0.4) is 0 Å². The summed E-state index contributed by atoms with van der Waals surface area (Å²) < 4.78 is 0. The van der Waals surface area contributed by atoms with E-state index in [0.717, 1.165) is 15.4 Å². The summed E-state index contributed by atoms with van der Waals surface area (Å²) in [6, 6.07) is 11.8. The van der Waals surface area contributed by atoms with Crippen molar-refractivity contribution in [2.45, 2.75) is 19.9 Å². The topological polar surface area (TPSA) is 70.5 Å². The predicted molar refractivity (Wildman–Crippen MR) is 107 cm³/mol. The number of aryl methyl sites for hydroxylation is 2. The Labute approximate surface area is 164 Å². The van der Waals surface area contributed by atoms with Crippen LogP contribution in [0.1, 0.15) is 27.1 Å². The van der Waals surface area contributed by atoms with Crippen LogP contribution in [0.15, 0.2) is 53.4 Å². The van der Waals surface area contributed by atoms with Crippen LogP contribution >= 0.6 is 22.7 Å². The van der Waals surface area contributed by atoms with Crippen LogP contribution in [-0.2, 0) is 9.59 Å². The molecule has 2 aromatic heterocycles. The maximum absolute atomic E-state index is 12.9. The molecule has 1 aliphatic rings. The lowest BCUT2D eigenvalue weighted by Crippen LogP contribution is -2.29. The highest BCUT2D eigenvalue weighted by molar-refractivity contribution is 7.16. The molecule has 0 bridgehead atoms. The lowest BCUT2D eigenvalue weighted by molar-refractivity contribution is -0.132. The number of aliphatic hydroxyl groups is 1. The van der Waals surface area contributed by atoms with Gasteiger partial charge in [-0.15, -0.1) is 22.7 Å². The van der Waals surface area contributed by atoms with E-state index in [9.17, 15) is 14.7 Å². The Hall–Kier alpha value is -2.77. The fraction of sp³-hybridized carbons (Fsp3) is 0.150. The third-order valence-corrected chi connectivity index (χ3v) is 6.52. The Bertz CT molecular complexity index is 1030. The van der Waals surface area contributed by atoms with Gasteiger partial charge in [0.05, 0.1) is 11.3 Å². The number of thiazole rings is 1. The van der Waals surface area contributed by atoms with E-state index in [2.05, 4.69) is 4.98 Å². The Morgan fingerprint density at radius 3 is 2.44 bits per heavy atom. The van der Waals surface area contributed by atoms with E-state index in [1.54, 1.807) is 24.3 Å². The molecule has 1 aliphatic heterocycles. The summed E-state index contributed by atoms with van der Waals surface area (Å²) in [5, 5.41) is 13.2. The second-order valence-electron chi connectivity index (χ2n) is 6.19. The van der Waals surface area contributed by atoms with Crippen LogP contribution in [0.2, 0.25) is 0 Å². The van der Waals surface area contributed by atoms with Crippen molar-refractivity contribution in [1.29, 1.82) is 0 Å². The zero-order chi connectivity index (χ0) is 19.1. The minimum atomic E-state index is -0.694. The molecule has 7 heteroatoms. The van der Waals surface area contributed by atoms with Crippen molar-refractivity contribution in [3.05, 3.63) is 74.4 Å². The van der Waals surface area contributed by atoms with Gasteiger partial charge >= 0.3 is 5.91 Å². The van der Waals surface area contributed by atoms with Crippen molar-refractivity contribution < 1.29 is 14.7 Å². The number of hydrogen-bond acceptors (Lipinski definition) is 6. The molecule has 1 fully saturated rings. The SMILES string of the molecule is Cc1nc(N2C(=O)C(=O)C(=C(O)c3ccccc3)[C@H]2c2cccs2)sc1C. The number of amides is 1. The van der Waals surface area contributed by atoms with Gasteiger partial charge in [0.15, 0.2) is 5.13 Å². The van der Waals surface area contributed by atoms with Crippen molar-refractivity contribution in [3.8, 4) is 0 Å². The molecule has 1 atom stereocenters. The van der Waals surface area contributed by atoms with E-state index in [1.165, 1.54) is 27.6 Å². The quantitative estimate of drug-likeness (QED) is 0.403. The highest BCUT2D eigenvalue weighted by atomic mass is 32.1. The maximum Gasteiger partial charge on any atom is 0.301 e. The number of nitrogens with zero attached hydrogens (tertiary/aromatic N) is 2. The molecule has 3 heterocycles. The zero-order valence-electron chi connectivity index (χ0n) is 14.7. The molecule has 0 radical (unpaired) electrons. The van der Waals surface area contributed by atoms with Crippen LogP contribution in [0, 0.1) is 13.8 Å². The fourth-order valence-electron chi connectivity index (χ4n) is 3.06. The third-order valence-electron chi connectivity index (χ3n) is 4.53. The van der Waals surface area contributed by atoms with Crippen LogP contribution in [0.25, 0.3) is 5.76 Å². The summed E-state index contributed by atoms with van der Waals surface area (Å²) in [5.74, 6) is -1.53. The largest absolute Gasteiger partial charge is 0.507 e. The highest BCUT2D eigenvalue weighted by Crippen LogP contribution is 2.44. The Morgan fingerprint density at radius 1 is 1.11 bits per heavy atom. The van der Waals surface area contributed by atoms with Gasteiger partial charge in [0.25, 0.3) is 5.78 Å². The molecule has 0 aliphatic carbocycles. The number of thiophene rings is 1. The van der Waals surface area contributed by atoms with E-state index >= 15 is 0 Å². The number of Topliss-reactive ketones (excluding diaryl/α,β-unsaturated/α-hetero) is 1. The lowest BCUT2D eigenvalue weighted by Gasteiger charge is -2.21. The first-order valence-electron chi connectivity index (χ1n) is 8.33. The predicted octanol–water partition coefficient (Wildman–Crippen LogP) is 4.45. The molecule has 0 unspecified atom stereocenters. The van der Waals surface area contributed by atoms with Gasteiger partial charge in [-0.25, -0.2) is 4.98 Å². The molecular formula is C20H16N2O3S2. The van der Waals surface area contributed by atoms with Crippen molar-refractivity contribution >= 4 is 45.3 Å². The van der Waals surface area contributed by atoms with Crippen LogP contribution in [0.4, 0.5) is 5.13 Å². The first kappa shape index (κ1) is 17.6. The second-order valence-corrected chi connectivity index (χ2v) is 8.35. The highest BCUT2D eigenvalue weighted by Gasteiger charge is 2.48. The smallest absolute Gasteiger partial charge is 0.301 e. The average molecular weight is 396 g/mol. The number of aliphatic hydroxyl groups excluding tert-OH is 1. The molecule has 4 rings (SSSR count). The summed E-state index contributed by atoms with van der Waals surface area (Å²) in [6.45, 7) is 3.80. The minimum Gasteiger partial charge on any atom is -0.507 e. The molecule has 27 heavy (non-hydrogen) atoms. The molecule has 1 amide bonds. The average Bonchev–Trinajstić information content (AvgIpc) is 3.36. The first-order chi connectivity index (χ1) is 13.0. The van der Waals surface area contributed by atoms with E-state index in [4.69, 9.17) is 0 Å². The summed E-state index contributed by atoms with van der Waals surface area (Å²) in [7, 11) is 0. The minimum absolute atomic E-state index is 0.0964. The molecule has 1 saturated heterocycles. The molecule has 3 aromatic rings. The van der Waals surface area contributed by atoms with Gasteiger partial charge in [-0.2, -0.15) is 0 Å². The number of carbonyl (C=O) groups excluding carboxylic acids is 2. The first-order valence-corrected chi connectivity index (χ1v) is 10.0. The monoisotopic (exact) mass is 396 g/mol. The Balaban J connectivity index is 1.94. The van der Waals surface area contributed by atoms with Gasteiger partial charge in [-0.1, -0.05) is 36.4 Å². The number of aromatic nitrogens is 1. The Morgan fingerprint density at radius 2 is 1.85 bits per heavy atom. The van der Waals surface area contributed by atoms with E-state index in [1.807, 2.05) is 37.4 Å². The van der Waals surface area contributed by atoms with Gasteiger partial charge in [0.2, 0.25) is 0 Å². The van der Waals surface area contributed by atoms with Crippen molar-refractivity contribution in [1.82, 2.24) is 4.98 Å². The third kappa shape index (κ3) is 2.89. The second kappa shape index (κ2) is 6.75. The molecule has 1 N–H and O–H groups in total. The number of ketones is 1. The van der Waals surface area contributed by atoms with Gasteiger partial charge < -0.3 is 5.11 Å². The zero-order valence-corrected chi connectivity index (χ0v) is 16.3. The summed E-state index contributed by atoms with van der Waals surface area (Å²) >= 11 is 2.81. The number of benzene rings is 1. The van der Waals surface area contributed by atoms with Crippen LogP contribution in [0.5, 0.6) is 0 Å². The number of anilines is 1. The molecule has 0 spiro atoms. The van der Waals surface area contributed by atoms with Gasteiger partial charge in [-0.05, 0) is 25.3 Å². The fourth-order valence-corrected chi connectivity index (χ4v) is 4.82. The molecule has 5 nitrogen and oxygen atoms in total. The lowest BCUT2D eigenvalue weighted by atomic mass is 10.00. The summed E-state index contributed by atoms with van der Waals surface area (Å²) in [4.78, 5) is 33.4. The number of carbonyl (C=O) groups is 2.